The quantitative estimate of drug-likeness (QED) is 0.808. The van der Waals surface area contributed by atoms with Gasteiger partial charge in [-0.15, -0.1) is 6.42 Å². The first-order valence-electron chi connectivity index (χ1n) is 6.40. The van der Waals surface area contributed by atoms with Crippen molar-refractivity contribution >= 4 is 11.6 Å². The van der Waals surface area contributed by atoms with E-state index in [4.69, 9.17) is 6.42 Å². The zero-order valence-corrected chi connectivity index (χ0v) is 11.8. The summed E-state index contributed by atoms with van der Waals surface area (Å²) in [7, 11) is 0. The van der Waals surface area contributed by atoms with Crippen LogP contribution in [-0.2, 0) is 0 Å². The number of nitrogens with zero attached hydrogens (tertiary/aromatic N) is 2. The lowest BCUT2D eigenvalue weighted by molar-refractivity contribution is 0.630. The van der Waals surface area contributed by atoms with Crippen molar-refractivity contribution < 1.29 is 0 Å². The summed E-state index contributed by atoms with van der Waals surface area (Å²) in [6, 6.07) is 5.99. The lowest BCUT2D eigenvalue weighted by atomic mass is 10.1. The molecule has 0 spiro atoms. The average Bonchev–Trinajstić information content (AvgIpc) is 2.27. The number of rotatable bonds is 5. The Kier molecular flexibility index (Phi) is 5.03. The molecule has 0 radical (unpaired) electrons. The van der Waals surface area contributed by atoms with E-state index in [0.717, 1.165) is 24.6 Å². The summed E-state index contributed by atoms with van der Waals surface area (Å²) in [6.07, 6.45) is 6.46. The summed E-state index contributed by atoms with van der Waals surface area (Å²) >= 11 is 0. The third kappa shape index (κ3) is 4.67. The molecule has 3 heteroatoms. The van der Waals surface area contributed by atoms with Crippen molar-refractivity contribution in [3.05, 3.63) is 18.2 Å². The maximum absolute atomic E-state index is 5.40. The fourth-order valence-electron chi connectivity index (χ4n) is 1.71. The van der Waals surface area contributed by atoms with Gasteiger partial charge in [0.2, 0.25) is 0 Å². The van der Waals surface area contributed by atoms with Crippen LogP contribution in [0.5, 0.6) is 0 Å². The highest BCUT2D eigenvalue weighted by Gasteiger charge is 2.11. The maximum Gasteiger partial charge on any atom is 0.131 e. The Labute approximate surface area is 111 Å². The molecule has 1 N–H and O–H groups in total. The van der Waals surface area contributed by atoms with Crippen LogP contribution in [-0.4, -0.2) is 23.6 Å². The van der Waals surface area contributed by atoms with Crippen LogP contribution in [0.4, 0.5) is 11.6 Å². The van der Waals surface area contributed by atoms with Gasteiger partial charge in [-0.25, -0.2) is 4.98 Å². The van der Waals surface area contributed by atoms with Gasteiger partial charge in [0, 0.05) is 12.1 Å². The number of pyridine rings is 1. The molecular weight excluding hydrogens is 222 g/mol. The second-order valence-electron chi connectivity index (χ2n) is 5.38. The normalized spacial score (nSPS) is 10.8. The summed E-state index contributed by atoms with van der Waals surface area (Å²) in [4.78, 5) is 6.73. The fraction of sp³-hybridized carbons (Fsp3) is 0.533. The second-order valence-corrected chi connectivity index (χ2v) is 5.38. The van der Waals surface area contributed by atoms with E-state index in [1.165, 1.54) is 0 Å². The highest BCUT2D eigenvalue weighted by molar-refractivity contribution is 5.48. The van der Waals surface area contributed by atoms with Crippen molar-refractivity contribution in [3.8, 4) is 12.3 Å². The first-order valence-corrected chi connectivity index (χ1v) is 6.40. The van der Waals surface area contributed by atoms with E-state index in [0.29, 0.717) is 6.54 Å². The van der Waals surface area contributed by atoms with E-state index in [9.17, 15) is 0 Å². The van der Waals surface area contributed by atoms with Crippen LogP contribution in [0.3, 0.4) is 0 Å². The van der Waals surface area contributed by atoms with Crippen molar-refractivity contribution in [3.63, 3.8) is 0 Å². The topological polar surface area (TPSA) is 28.2 Å². The minimum Gasteiger partial charge on any atom is -0.365 e. The van der Waals surface area contributed by atoms with Gasteiger partial charge < -0.3 is 10.2 Å². The van der Waals surface area contributed by atoms with Crippen LogP contribution in [0.2, 0.25) is 0 Å². The molecule has 0 atom stereocenters. The molecule has 0 unspecified atom stereocenters. The van der Waals surface area contributed by atoms with Crippen molar-refractivity contribution in [2.45, 2.75) is 39.7 Å². The molecule has 0 aliphatic carbocycles. The van der Waals surface area contributed by atoms with E-state index in [1.54, 1.807) is 0 Å². The predicted octanol–water partition coefficient (Wildman–Crippen LogP) is 3.14. The minimum atomic E-state index is 0.00727. The SMILES string of the molecule is C#CCN(CCC)c1cccc(NC(C)(C)C)n1. The third-order valence-electron chi connectivity index (χ3n) is 2.34. The standard InChI is InChI=1S/C15H23N3/c1-6-11-18(12-7-2)14-10-8-9-13(16-14)17-15(3,4)5/h1,8-10H,7,11-12H2,2-5H3,(H,16,17). The molecule has 0 aliphatic heterocycles. The Balaban J connectivity index is 2.89. The fourth-order valence-corrected chi connectivity index (χ4v) is 1.71. The molecular formula is C15H23N3. The number of anilines is 2. The summed E-state index contributed by atoms with van der Waals surface area (Å²) in [5.41, 5.74) is 0.00727. The Morgan fingerprint density at radius 2 is 2.11 bits per heavy atom. The van der Waals surface area contributed by atoms with Gasteiger partial charge in [-0.2, -0.15) is 0 Å². The molecule has 0 aliphatic rings. The second kappa shape index (κ2) is 6.30. The molecule has 18 heavy (non-hydrogen) atoms. The zero-order valence-electron chi connectivity index (χ0n) is 11.8. The van der Waals surface area contributed by atoms with Gasteiger partial charge in [-0.1, -0.05) is 18.9 Å². The first kappa shape index (κ1) is 14.4. The molecule has 1 rings (SSSR count). The molecule has 0 saturated heterocycles. The molecule has 1 aromatic heterocycles. The molecule has 1 heterocycles. The summed E-state index contributed by atoms with van der Waals surface area (Å²) in [5.74, 6) is 4.51. The van der Waals surface area contributed by atoms with Gasteiger partial charge in [0.1, 0.15) is 11.6 Å². The van der Waals surface area contributed by atoms with E-state index in [-0.39, 0.29) is 5.54 Å². The number of nitrogens with one attached hydrogen (secondary N) is 1. The Morgan fingerprint density at radius 1 is 1.39 bits per heavy atom. The van der Waals surface area contributed by atoms with E-state index < -0.39 is 0 Å². The number of hydrogen-bond acceptors (Lipinski definition) is 3. The molecule has 98 valence electrons. The zero-order chi connectivity index (χ0) is 13.6. The van der Waals surface area contributed by atoms with Gasteiger partial charge in [0.15, 0.2) is 0 Å². The van der Waals surface area contributed by atoms with Gasteiger partial charge in [0.05, 0.1) is 6.54 Å². The number of hydrogen-bond donors (Lipinski definition) is 1. The first-order chi connectivity index (χ1) is 8.46. The van der Waals surface area contributed by atoms with Crippen molar-refractivity contribution in [2.75, 3.05) is 23.3 Å². The highest BCUT2D eigenvalue weighted by atomic mass is 15.2. The molecule has 0 amide bonds. The molecule has 3 nitrogen and oxygen atoms in total. The van der Waals surface area contributed by atoms with Crippen LogP contribution in [0.1, 0.15) is 34.1 Å². The van der Waals surface area contributed by atoms with E-state index >= 15 is 0 Å². The lowest BCUT2D eigenvalue weighted by Gasteiger charge is -2.24. The Hall–Kier alpha value is -1.69. The van der Waals surface area contributed by atoms with E-state index in [1.807, 2.05) is 18.2 Å². The molecule has 0 aromatic carbocycles. The Morgan fingerprint density at radius 3 is 2.67 bits per heavy atom. The van der Waals surface area contributed by atoms with Crippen molar-refractivity contribution in [2.24, 2.45) is 0 Å². The van der Waals surface area contributed by atoms with Crippen molar-refractivity contribution in [1.82, 2.24) is 4.98 Å². The van der Waals surface area contributed by atoms with Crippen molar-refractivity contribution in [1.29, 1.82) is 0 Å². The third-order valence-corrected chi connectivity index (χ3v) is 2.34. The number of aromatic nitrogens is 1. The largest absolute Gasteiger partial charge is 0.365 e. The van der Waals surface area contributed by atoms with Crippen LogP contribution in [0.15, 0.2) is 18.2 Å². The van der Waals surface area contributed by atoms with Crippen LogP contribution in [0.25, 0.3) is 0 Å². The molecule has 0 saturated carbocycles. The van der Waals surface area contributed by atoms with Gasteiger partial charge in [0.25, 0.3) is 0 Å². The monoisotopic (exact) mass is 245 g/mol. The maximum atomic E-state index is 5.40. The van der Waals surface area contributed by atoms with Gasteiger partial charge in [-0.05, 0) is 39.3 Å². The van der Waals surface area contributed by atoms with Gasteiger partial charge >= 0.3 is 0 Å². The lowest BCUT2D eigenvalue weighted by Crippen LogP contribution is -2.28. The summed E-state index contributed by atoms with van der Waals surface area (Å²) in [5, 5.41) is 3.37. The van der Waals surface area contributed by atoms with Crippen LogP contribution < -0.4 is 10.2 Å². The van der Waals surface area contributed by atoms with Crippen LogP contribution in [0, 0.1) is 12.3 Å². The van der Waals surface area contributed by atoms with Gasteiger partial charge in [-0.3, -0.25) is 0 Å². The predicted molar refractivity (Wildman–Crippen MR) is 78.9 cm³/mol. The highest BCUT2D eigenvalue weighted by Crippen LogP contribution is 2.17. The van der Waals surface area contributed by atoms with E-state index in [2.05, 4.69) is 48.8 Å². The molecule has 0 fully saturated rings. The van der Waals surface area contributed by atoms with Crippen LogP contribution >= 0.6 is 0 Å². The summed E-state index contributed by atoms with van der Waals surface area (Å²) in [6.45, 7) is 10.0. The minimum absolute atomic E-state index is 0.00727. The molecule has 0 bridgehead atoms. The Bertz CT molecular complexity index is 412. The number of terminal acetylenes is 1. The average molecular weight is 245 g/mol. The molecule has 1 aromatic rings. The summed E-state index contributed by atoms with van der Waals surface area (Å²) < 4.78 is 0. The smallest absolute Gasteiger partial charge is 0.131 e.